The van der Waals surface area contributed by atoms with E-state index in [1.165, 1.54) is 0 Å². The number of hydrogen-bond donors (Lipinski definition) is 3. The minimum Gasteiger partial charge on any atom is -0.348 e. The van der Waals surface area contributed by atoms with Gasteiger partial charge in [-0.3, -0.25) is 14.4 Å². The number of anilines is 1. The fourth-order valence-corrected chi connectivity index (χ4v) is 2.90. The van der Waals surface area contributed by atoms with E-state index < -0.39 is 0 Å². The summed E-state index contributed by atoms with van der Waals surface area (Å²) in [6, 6.07) is 7.08. The molecule has 0 atom stereocenters. The fraction of sp³-hybridized carbons (Fsp3) is 0.278. The van der Waals surface area contributed by atoms with Crippen molar-refractivity contribution >= 4 is 17.5 Å². The molecule has 0 unspecified atom stereocenters. The molecule has 0 saturated carbocycles. The number of benzene rings is 1. The van der Waals surface area contributed by atoms with Crippen LogP contribution in [-0.2, 0) is 17.8 Å². The standard InChI is InChI=1S/C18H19N3O3/c1-10-7-11(2)20-18(24)14(10)9-19-17(23)13-3-5-15-12(8-13)4-6-16(22)21-15/h3,5,7-8H,4,6,9H2,1-2H3,(H,19,23)(H,20,24)(H,21,22). The second kappa shape index (κ2) is 6.31. The van der Waals surface area contributed by atoms with Crippen LogP contribution in [0.5, 0.6) is 0 Å². The molecule has 1 aliphatic heterocycles. The molecule has 2 amide bonds. The molecule has 2 aromatic rings. The number of carbonyl (C=O) groups excluding carboxylic acids is 2. The highest BCUT2D eigenvalue weighted by Crippen LogP contribution is 2.23. The van der Waals surface area contributed by atoms with Gasteiger partial charge in [0.05, 0.1) is 0 Å². The van der Waals surface area contributed by atoms with Gasteiger partial charge in [0.15, 0.2) is 0 Å². The Morgan fingerprint density at radius 3 is 2.71 bits per heavy atom. The highest BCUT2D eigenvalue weighted by atomic mass is 16.2. The Labute approximate surface area is 139 Å². The number of rotatable bonds is 3. The summed E-state index contributed by atoms with van der Waals surface area (Å²) in [5.74, 6) is -0.247. The lowest BCUT2D eigenvalue weighted by molar-refractivity contribution is -0.116. The van der Waals surface area contributed by atoms with Crippen LogP contribution in [0.2, 0.25) is 0 Å². The highest BCUT2D eigenvalue weighted by molar-refractivity contribution is 5.97. The molecule has 124 valence electrons. The monoisotopic (exact) mass is 325 g/mol. The number of fused-ring (bicyclic) bond motifs is 1. The molecular weight excluding hydrogens is 306 g/mol. The zero-order valence-corrected chi connectivity index (χ0v) is 13.7. The quantitative estimate of drug-likeness (QED) is 0.804. The lowest BCUT2D eigenvalue weighted by Crippen LogP contribution is -2.28. The summed E-state index contributed by atoms with van der Waals surface area (Å²) < 4.78 is 0. The average molecular weight is 325 g/mol. The van der Waals surface area contributed by atoms with Gasteiger partial charge in [-0.1, -0.05) is 0 Å². The van der Waals surface area contributed by atoms with Gasteiger partial charge < -0.3 is 15.6 Å². The van der Waals surface area contributed by atoms with E-state index in [0.29, 0.717) is 24.0 Å². The molecule has 1 aromatic carbocycles. The minimum absolute atomic E-state index is 0.00577. The van der Waals surface area contributed by atoms with Crippen LogP contribution in [0, 0.1) is 13.8 Å². The molecule has 0 radical (unpaired) electrons. The van der Waals surface area contributed by atoms with Crippen LogP contribution in [0.25, 0.3) is 0 Å². The molecule has 1 aliphatic rings. The maximum Gasteiger partial charge on any atom is 0.253 e. The van der Waals surface area contributed by atoms with Crippen molar-refractivity contribution in [1.29, 1.82) is 0 Å². The summed E-state index contributed by atoms with van der Waals surface area (Å²) in [6.45, 7) is 3.85. The zero-order chi connectivity index (χ0) is 17.3. The van der Waals surface area contributed by atoms with E-state index >= 15 is 0 Å². The molecule has 0 fully saturated rings. The van der Waals surface area contributed by atoms with Crippen LogP contribution < -0.4 is 16.2 Å². The Bertz CT molecular complexity index is 884. The van der Waals surface area contributed by atoms with Gasteiger partial charge in [0, 0.05) is 35.5 Å². The van der Waals surface area contributed by atoms with E-state index in [9.17, 15) is 14.4 Å². The number of amides is 2. The zero-order valence-electron chi connectivity index (χ0n) is 13.7. The number of aromatic nitrogens is 1. The maximum atomic E-state index is 12.3. The molecule has 24 heavy (non-hydrogen) atoms. The van der Waals surface area contributed by atoms with Crippen molar-refractivity contribution in [1.82, 2.24) is 10.3 Å². The van der Waals surface area contributed by atoms with Crippen LogP contribution in [0.4, 0.5) is 5.69 Å². The number of carbonyl (C=O) groups is 2. The predicted octanol–water partition coefficient (Wildman–Crippen LogP) is 1.81. The molecule has 1 aromatic heterocycles. The van der Waals surface area contributed by atoms with E-state index in [0.717, 1.165) is 22.5 Å². The molecule has 3 rings (SSSR count). The lowest BCUT2D eigenvalue weighted by atomic mass is 10.00. The third kappa shape index (κ3) is 3.22. The topological polar surface area (TPSA) is 91.1 Å². The fourth-order valence-electron chi connectivity index (χ4n) is 2.90. The van der Waals surface area contributed by atoms with Crippen molar-refractivity contribution in [3.05, 3.63) is 62.6 Å². The van der Waals surface area contributed by atoms with Gasteiger partial charge in [-0.2, -0.15) is 0 Å². The van der Waals surface area contributed by atoms with Gasteiger partial charge in [0.25, 0.3) is 11.5 Å². The van der Waals surface area contributed by atoms with Gasteiger partial charge in [-0.05, 0) is 55.7 Å². The summed E-state index contributed by atoms with van der Waals surface area (Å²) in [4.78, 5) is 38.4. The van der Waals surface area contributed by atoms with Crippen molar-refractivity contribution in [2.45, 2.75) is 33.2 Å². The number of pyridine rings is 1. The Morgan fingerprint density at radius 2 is 1.96 bits per heavy atom. The highest BCUT2D eigenvalue weighted by Gasteiger charge is 2.17. The van der Waals surface area contributed by atoms with Crippen molar-refractivity contribution in [3.63, 3.8) is 0 Å². The number of H-pyrrole nitrogens is 1. The molecular formula is C18H19N3O3. The lowest BCUT2D eigenvalue weighted by Gasteiger charge is -2.17. The van der Waals surface area contributed by atoms with Crippen LogP contribution >= 0.6 is 0 Å². The van der Waals surface area contributed by atoms with Crippen LogP contribution in [0.1, 0.15) is 39.2 Å². The predicted molar refractivity (Wildman–Crippen MR) is 91.1 cm³/mol. The molecule has 0 bridgehead atoms. The van der Waals surface area contributed by atoms with E-state index in [4.69, 9.17) is 0 Å². The normalized spacial score (nSPS) is 13.2. The Kier molecular flexibility index (Phi) is 4.20. The molecule has 6 nitrogen and oxygen atoms in total. The third-order valence-corrected chi connectivity index (χ3v) is 4.18. The molecule has 0 saturated heterocycles. The molecule has 0 aliphatic carbocycles. The summed E-state index contributed by atoms with van der Waals surface area (Å²) in [7, 11) is 0. The van der Waals surface area contributed by atoms with Crippen LogP contribution in [0.15, 0.2) is 29.1 Å². The van der Waals surface area contributed by atoms with E-state index in [1.807, 2.05) is 19.9 Å². The number of aryl methyl sites for hydroxylation is 3. The summed E-state index contributed by atoms with van der Waals surface area (Å²) in [5, 5.41) is 5.57. The maximum absolute atomic E-state index is 12.3. The first-order valence-electron chi connectivity index (χ1n) is 7.84. The summed E-state index contributed by atoms with van der Waals surface area (Å²) in [6.07, 6.45) is 1.05. The molecule has 2 heterocycles. The van der Waals surface area contributed by atoms with Gasteiger partial charge >= 0.3 is 0 Å². The first kappa shape index (κ1) is 16.0. The van der Waals surface area contributed by atoms with E-state index in [-0.39, 0.29) is 23.9 Å². The third-order valence-electron chi connectivity index (χ3n) is 4.18. The van der Waals surface area contributed by atoms with E-state index in [2.05, 4.69) is 15.6 Å². The van der Waals surface area contributed by atoms with Crippen molar-refractivity contribution in [2.75, 3.05) is 5.32 Å². The minimum atomic E-state index is -0.242. The Morgan fingerprint density at radius 1 is 1.17 bits per heavy atom. The van der Waals surface area contributed by atoms with Gasteiger partial charge in [0.1, 0.15) is 0 Å². The van der Waals surface area contributed by atoms with Crippen molar-refractivity contribution < 1.29 is 9.59 Å². The first-order chi connectivity index (χ1) is 11.4. The summed E-state index contributed by atoms with van der Waals surface area (Å²) in [5.41, 5.74) is 4.25. The van der Waals surface area contributed by atoms with Crippen LogP contribution in [0.3, 0.4) is 0 Å². The van der Waals surface area contributed by atoms with Crippen LogP contribution in [-0.4, -0.2) is 16.8 Å². The van der Waals surface area contributed by atoms with Crippen molar-refractivity contribution in [3.8, 4) is 0 Å². The first-order valence-corrected chi connectivity index (χ1v) is 7.84. The average Bonchev–Trinajstić information content (AvgIpc) is 2.53. The second-order valence-electron chi connectivity index (χ2n) is 6.05. The largest absolute Gasteiger partial charge is 0.348 e. The number of nitrogens with one attached hydrogen (secondary N) is 3. The number of aromatic amines is 1. The van der Waals surface area contributed by atoms with Gasteiger partial charge in [-0.15, -0.1) is 0 Å². The summed E-state index contributed by atoms with van der Waals surface area (Å²) >= 11 is 0. The SMILES string of the molecule is Cc1cc(C)c(CNC(=O)c2ccc3c(c2)CCC(=O)N3)c(=O)[nH]1. The Balaban J connectivity index is 1.74. The van der Waals surface area contributed by atoms with Crippen molar-refractivity contribution in [2.24, 2.45) is 0 Å². The molecule has 6 heteroatoms. The number of hydrogen-bond acceptors (Lipinski definition) is 3. The Hall–Kier alpha value is -2.89. The van der Waals surface area contributed by atoms with E-state index in [1.54, 1.807) is 18.2 Å². The second-order valence-corrected chi connectivity index (χ2v) is 6.05. The molecule has 0 spiro atoms. The molecule has 3 N–H and O–H groups in total. The van der Waals surface area contributed by atoms with Gasteiger partial charge in [-0.25, -0.2) is 0 Å². The smallest absolute Gasteiger partial charge is 0.253 e. The van der Waals surface area contributed by atoms with Gasteiger partial charge in [0.2, 0.25) is 5.91 Å².